The Labute approximate surface area is 85.6 Å². The lowest BCUT2D eigenvalue weighted by molar-refractivity contribution is -0.125. The van der Waals surface area contributed by atoms with E-state index >= 15 is 0 Å². The van der Waals surface area contributed by atoms with E-state index in [9.17, 15) is 4.79 Å². The molecule has 2 bridgehead atoms. The molecule has 0 aromatic rings. The lowest BCUT2D eigenvalue weighted by Crippen LogP contribution is -2.32. The molecule has 2 heteroatoms. The minimum atomic E-state index is -0.159. The zero-order valence-corrected chi connectivity index (χ0v) is 9.48. The molecule has 0 spiro atoms. The van der Waals surface area contributed by atoms with Gasteiger partial charge in [0.1, 0.15) is 0 Å². The van der Waals surface area contributed by atoms with Crippen LogP contribution in [-0.4, -0.2) is 5.78 Å². The smallest absolute Gasteiger partial charge is 0.167 e. The van der Waals surface area contributed by atoms with Crippen molar-refractivity contribution in [1.82, 2.24) is 0 Å². The maximum Gasteiger partial charge on any atom is 0.167 e. The minimum Gasteiger partial charge on any atom is -0.402 e. The minimum absolute atomic E-state index is 0.0973. The number of allylic oxidation sites excluding steroid dienone is 2. The summed E-state index contributed by atoms with van der Waals surface area (Å²) >= 11 is 0. The monoisotopic (exact) mass is 193 g/mol. The Morgan fingerprint density at radius 3 is 2.29 bits per heavy atom. The van der Waals surface area contributed by atoms with E-state index in [1.54, 1.807) is 0 Å². The van der Waals surface area contributed by atoms with Crippen molar-refractivity contribution in [2.45, 2.75) is 40.5 Å². The molecule has 0 heterocycles. The van der Waals surface area contributed by atoms with Crippen molar-refractivity contribution in [3.8, 4) is 0 Å². The maximum absolute atomic E-state index is 12.2. The van der Waals surface area contributed by atoms with Crippen molar-refractivity contribution in [3.63, 3.8) is 0 Å². The topological polar surface area (TPSA) is 43.1 Å². The van der Waals surface area contributed by atoms with E-state index < -0.39 is 0 Å². The van der Waals surface area contributed by atoms with Gasteiger partial charge in [0.05, 0.1) is 0 Å². The highest BCUT2D eigenvalue weighted by Crippen LogP contribution is 2.65. The van der Waals surface area contributed by atoms with Crippen LogP contribution in [0.3, 0.4) is 0 Å². The van der Waals surface area contributed by atoms with E-state index in [4.69, 9.17) is 5.73 Å². The van der Waals surface area contributed by atoms with Crippen LogP contribution in [0, 0.1) is 16.7 Å². The Bertz CT molecular complexity index is 336. The standard InChI is InChI=1S/C12H19NO/c1-7(13)9-8-5-6-12(4,10(9)14)11(8,2)3/h8H,5-6,13H2,1-4H3/b9-7-. The number of hydrogen-bond donors (Lipinski definition) is 1. The molecule has 2 aliphatic carbocycles. The average Bonchev–Trinajstić information content (AvgIpc) is 2.35. The highest BCUT2D eigenvalue weighted by Gasteiger charge is 2.64. The summed E-state index contributed by atoms with van der Waals surface area (Å²) in [6.45, 7) is 8.37. The summed E-state index contributed by atoms with van der Waals surface area (Å²) in [6, 6.07) is 0. The first-order chi connectivity index (χ1) is 6.32. The Morgan fingerprint density at radius 1 is 1.43 bits per heavy atom. The molecular weight excluding hydrogens is 174 g/mol. The second-order valence-electron chi connectivity index (χ2n) is 5.57. The van der Waals surface area contributed by atoms with Gasteiger partial charge in [-0.15, -0.1) is 0 Å². The molecule has 2 aliphatic rings. The number of nitrogens with two attached hydrogens (primary N) is 1. The van der Waals surface area contributed by atoms with Gasteiger partial charge in [-0.1, -0.05) is 20.8 Å². The van der Waals surface area contributed by atoms with Crippen molar-refractivity contribution >= 4 is 5.78 Å². The summed E-state index contributed by atoms with van der Waals surface area (Å²) in [5.74, 6) is 0.698. The first-order valence-corrected chi connectivity index (χ1v) is 5.33. The molecule has 0 amide bonds. The van der Waals surface area contributed by atoms with Crippen molar-refractivity contribution in [1.29, 1.82) is 0 Å². The summed E-state index contributed by atoms with van der Waals surface area (Å²) in [5.41, 5.74) is 7.40. The number of hydrogen-bond acceptors (Lipinski definition) is 2. The molecule has 2 saturated carbocycles. The summed E-state index contributed by atoms with van der Waals surface area (Å²) < 4.78 is 0. The number of rotatable bonds is 0. The summed E-state index contributed by atoms with van der Waals surface area (Å²) in [7, 11) is 0. The van der Waals surface area contributed by atoms with Gasteiger partial charge in [-0.25, -0.2) is 0 Å². The fraction of sp³-hybridized carbons (Fsp3) is 0.750. The molecule has 14 heavy (non-hydrogen) atoms. The third-order valence-electron chi connectivity index (χ3n) is 4.75. The third kappa shape index (κ3) is 0.800. The van der Waals surface area contributed by atoms with Crippen LogP contribution in [0.1, 0.15) is 40.5 Å². The molecule has 0 aromatic carbocycles. The van der Waals surface area contributed by atoms with Crippen LogP contribution < -0.4 is 5.73 Å². The van der Waals surface area contributed by atoms with Gasteiger partial charge in [0.25, 0.3) is 0 Å². The zero-order chi connectivity index (χ0) is 10.7. The summed E-state index contributed by atoms with van der Waals surface area (Å²) in [5, 5.41) is 0. The lowest BCUT2D eigenvalue weighted by Gasteiger charge is -2.31. The molecule has 2 rings (SSSR count). The van der Waals surface area contributed by atoms with Crippen LogP contribution >= 0.6 is 0 Å². The molecule has 2 atom stereocenters. The molecular formula is C12H19NO. The number of Topliss-reactive ketones (excluding diaryl/α,β-unsaturated/α-hetero) is 1. The SMILES string of the molecule is C/C(N)=C1/C(=O)C2(C)CCC1C2(C)C. The maximum atomic E-state index is 12.2. The van der Waals surface area contributed by atoms with Crippen LogP contribution in [0.25, 0.3) is 0 Å². The van der Waals surface area contributed by atoms with E-state index in [1.807, 2.05) is 6.92 Å². The Balaban J connectivity index is 2.61. The number of carbonyl (C=O) groups is 1. The van der Waals surface area contributed by atoms with E-state index in [1.165, 1.54) is 0 Å². The molecule has 0 aromatic heterocycles. The molecule has 2 N–H and O–H groups in total. The molecule has 0 aliphatic heterocycles. The Kier molecular flexibility index (Phi) is 1.68. The second-order valence-corrected chi connectivity index (χ2v) is 5.57. The van der Waals surface area contributed by atoms with Gasteiger partial charge in [-0.05, 0) is 31.1 Å². The fourth-order valence-electron chi connectivity index (χ4n) is 3.32. The van der Waals surface area contributed by atoms with Crippen LogP contribution in [-0.2, 0) is 4.79 Å². The molecule has 2 unspecified atom stereocenters. The number of fused-ring (bicyclic) bond motifs is 2. The third-order valence-corrected chi connectivity index (χ3v) is 4.75. The van der Waals surface area contributed by atoms with Crippen molar-refractivity contribution in [2.75, 3.05) is 0 Å². The average molecular weight is 193 g/mol. The number of carbonyl (C=O) groups excluding carboxylic acids is 1. The largest absolute Gasteiger partial charge is 0.402 e. The predicted molar refractivity (Wildman–Crippen MR) is 56.5 cm³/mol. The van der Waals surface area contributed by atoms with Gasteiger partial charge in [0.2, 0.25) is 0 Å². The van der Waals surface area contributed by atoms with Gasteiger partial charge >= 0.3 is 0 Å². The Morgan fingerprint density at radius 2 is 2.00 bits per heavy atom. The van der Waals surface area contributed by atoms with Gasteiger partial charge in [-0.2, -0.15) is 0 Å². The lowest BCUT2D eigenvalue weighted by atomic mass is 9.70. The van der Waals surface area contributed by atoms with E-state index in [0.717, 1.165) is 24.1 Å². The first kappa shape index (κ1) is 9.75. The van der Waals surface area contributed by atoms with Crippen LogP contribution in [0.15, 0.2) is 11.3 Å². The first-order valence-electron chi connectivity index (χ1n) is 5.33. The quantitative estimate of drug-likeness (QED) is 0.599. The van der Waals surface area contributed by atoms with Crippen LogP contribution in [0.4, 0.5) is 0 Å². The van der Waals surface area contributed by atoms with E-state index in [-0.39, 0.29) is 10.8 Å². The van der Waals surface area contributed by atoms with Gasteiger partial charge in [0.15, 0.2) is 5.78 Å². The fourth-order valence-corrected chi connectivity index (χ4v) is 3.32. The van der Waals surface area contributed by atoms with Crippen molar-refractivity contribution in [3.05, 3.63) is 11.3 Å². The number of ketones is 1. The van der Waals surface area contributed by atoms with E-state index in [0.29, 0.717) is 11.7 Å². The van der Waals surface area contributed by atoms with E-state index in [2.05, 4.69) is 20.8 Å². The highest BCUT2D eigenvalue weighted by atomic mass is 16.1. The van der Waals surface area contributed by atoms with Gasteiger partial charge in [0, 0.05) is 16.7 Å². The molecule has 0 radical (unpaired) electrons. The summed E-state index contributed by atoms with van der Waals surface area (Å²) in [4.78, 5) is 12.2. The zero-order valence-electron chi connectivity index (χ0n) is 9.48. The predicted octanol–water partition coefficient (Wildman–Crippen LogP) is 2.24. The summed E-state index contributed by atoms with van der Waals surface area (Å²) in [6.07, 6.45) is 2.15. The normalized spacial score (nSPS) is 43.1. The van der Waals surface area contributed by atoms with Gasteiger partial charge in [-0.3, -0.25) is 4.79 Å². The molecule has 2 nitrogen and oxygen atoms in total. The van der Waals surface area contributed by atoms with Gasteiger partial charge < -0.3 is 5.73 Å². The highest BCUT2D eigenvalue weighted by molar-refractivity contribution is 6.05. The van der Waals surface area contributed by atoms with Crippen molar-refractivity contribution in [2.24, 2.45) is 22.5 Å². The van der Waals surface area contributed by atoms with Crippen LogP contribution in [0.2, 0.25) is 0 Å². The van der Waals surface area contributed by atoms with Crippen LogP contribution in [0.5, 0.6) is 0 Å². The molecule has 0 saturated heterocycles. The van der Waals surface area contributed by atoms with Crippen molar-refractivity contribution < 1.29 is 4.79 Å². The Hall–Kier alpha value is -0.790. The molecule has 78 valence electrons. The second kappa shape index (κ2) is 2.41. The molecule has 2 fully saturated rings.